The van der Waals surface area contributed by atoms with E-state index in [0.717, 1.165) is 36.0 Å². The van der Waals surface area contributed by atoms with Crippen LogP contribution in [0.5, 0.6) is 11.5 Å². The number of ether oxygens (including phenoxy) is 2. The normalized spacial score (nSPS) is 10.4. The molecule has 194 valence electrons. The van der Waals surface area contributed by atoms with Gasteiger partial charge in [0.1, 0.15) is 17.3 Å². The number of unbranched alkanes of at least 4 members (excludes halogenated alkanes) is 9. The molecule has 3 aromatic rings. The zero-order valence-electron chi connectivity index (χ0n) is 21.8. The number of carbonyl (C=O) groups excluding carboxylic acids is 1. The maximum Gasteiger partial charge on any atom is 0.343 e. The van der Waals surface area contributed by atoms with Crippen molar-refractivity contribution in [1.29, 1.82) is 0 Å². The van der Waals surface area contributed by atoms with Gasteiger partial charge in [-0.3, -0.25) is 0 Å². The van der Waals surface area contributed by atoms with Crippen LogP contribution in [0.2, 0.25) is 0 Å². The van der Waals surface area contributed by atoms with Gasteiger partial charge in [-0.05, 0) is 73.2 Å². The lowest BCUT2D eigenvalue weighted by Crippen LogP contribution is -2.08. The second-order valence-corrected chi connectivity index (χ2v) is 9.23. The number of halogens is 1. The van der Waals surface area contributed by atoms with Crippen molar-refractivity contribution < 1.29 is 18.7 Å². The number of benzene rings is 3. The summed E-state index contributed by atoms with van der Waals surface area (Å²) in [7, 11) is 0. The van der Waals surface area contributed by atoms with Gasteiger partial charge in [-0.25, -0.2) is 9.18 Å². The average Bonchev–Trinajstić information content (AvgIpc) is 2.92. The first-order valence-electron chi connectivity index (χ1n) is 13.5. The molecule has 3 aromatic carbocycles. The Kier molecular flexibility index (Phi) is 12.3. The molecule has 0 aliphatic carbocycles. The van der Waals surface area contributed by atoms with Crippen LogP contribution >= 0.6 is 0 Å². The van der Waals surface area contributed by atoms with Gasteiger partial charge in [0, 0.05) is 11.1 Å². The van der Waals surface area contributed by atoms with Crippen LogP contribution in [0.1, 0.15) is 92.6 Å². The van der Waals surface area contributed by atoms with E-state index in [4.69, 9.17) is 9.47 Å². The Bertz CT molecular complexity index is 1140. The summed E-state index contributed by atoms with van der Waals surface area (Å²) in [6, 6.07) is 20.1. The first-order chi connectivity index (χ1) is 18.1. The highest BCUT2D eigenvalue weighted by Gasteiger charge is 2.09. The summed E-state index contributed by atoms with van der Waals surface area (Å²) in [6.45, 7) is 3.01. The Morgan fingerprint density at radius 2 is 1.24 bits per heavy atom. The van der Waals surface area contributed by atoms with E-state index in [1.54, 1.807) is 24.3 Å². The fraction of sp³-hybridized carbons (Fsp3) is 0.364. The number of hydrogen-bond donors (Lipinski definition) is 0. The van der Waals surface area contributed by atoms with Gasteiger partial charge < -0.3 is 9.47 Å². The molecule has 4 heteroatoms. The van der Waals surface area contributed by atoms with Crippen molar-refractivity contribution >= 4 is 5.97 Å². The van der Waals surface area contributed by atoms with Crippen LogP contribution < -0.4 is 9.47 Å². The fourth-order valence-electron chi connectivity index (χ4n) is 3.95. The van der Waals surface area contributed by atoms with E-state index in [-0.39, 0.29) is 5.56 Å². The molecule has 0 amide bonds. The van der Waals surface area contributed by atoms with E-state index in [0.29, 0.717) is 5.75 Å². The van der Waals surface area contributed by atoms with Gasteiger partial charge in [-0.1, -0.05) is 82.6 Å². The van der Waals surface area contributed by atoms with Gasteiger partial charge in [0.05, 0.1) is 12.2 Å². The molecule has 0 spiro atoms. The Morgan fingerprint density at radius 1 is 0.703 bits per heavy atom. The Hall–Kier alpha value is -3.58. The average molecular weight is 501 g/mol. The summed E-state index contributed by atoms with van der Waals surface area (Å²) in [4.78, 5) is 12.1. The molecule has 0 saturated heterocycles. The van der Waals surface area contributed by atoms with Gasteiger partial charge in [-0.15, -0.1) is 0 Å². The molecule has 0 saturated carbocycles. The van der Waals surface area contributed by atoms with Crippen molar-refractivity contribution in [1.82, 2.24) is 0 Å². The lowest BCUT2D eigenvalue weighted by molar-refractivity contribution is 0.0734. The lowest BCUT2D eigenvalue weighted by atomic mass is 10.1. The maximum atomic E-state index is 13.3. The molecule has 37 heavy (non-hydrogen) atoms. The summed E-state index contributed by atoms with van der Waals surface area (Å²) in [5.41, 5.74) is 1.86. The van der Waals surface area contributed by atoms with Crippen LogP contribution in [-0.4, -0.2) is 12.6 Å². The summed E-state index contributed by atoms with van der Waals surface area (Å²) in [5.74, 6) is 6.41. The van der Waals surface area contributed by atoms with E-state index in [1.807, 2.05) is 24.3 Å². The minimum absolute atomic E-state index is 0.166. The molecule has 3 rings (SSSR count). The third-order valence-corrected chi connectivity index (χ3v) is 6.10. The maximum absolute atomic E-state index is 13.3. The first kappa shape index (κ1) is 28.0. The minimum atomic E-state index is -0.603. The first-order valence-corrected chi connectivity index (χ1v) is 13.5. The van der Waals surface area contributed by atoms with Crippen LogP contribution in [0.15, 0.2) is 72.8 Å². The van der Waals surface area contributed by atoms with Crippen molar-refractivity contribution in [2.75, 3.05) is 6.61 Å². The monoisotopic (exact) mass is 500 g/mol. The predicted octanol–water partition coefficient (Wildman–Crippen LogP) is 8.74. The quantitative estimate of drug-likeness (QED) is 0.0960. The number of esters is 1. The van der Waals surface area contributed by atoms with Crippen molar-refractivity contribution in [3.8, 4) is 23.3 Å². The minimum Gasteiger partial charge on any atom is -0.494 e. The van der Waals surface area contributed by atoms with E-state index in [2.05, 4.69) is 18.8 Å². The molecule has 0 atom stereocenters. The van der Waals surface area contributed by atoms with E-state index < -0.39 is 11.8 Å². The summed E-state index contributed by atoms with van der Waals surface area (Å²) >= 11 is 0. The molecule has 0 radical (unpaired) electrons. The topological polar surface area (TPSA) is 35.5 Å². The van der Waals surface area contributed by atoms with Crippen LogP contribution in [-0.2, 0) is 0 Å². The zero-order valence-corrected chi connectivity index (χ0v) is 21.8. The Balaban J connectivity index is 1.34. The van der Waals surface area contributed by atoms with Gasteiger partial charge in [-0.2, -0.15) is 0 Å². The summed E-state index contributed by atoms with van der Waals surface area (Å²) in [5, 5.41) is 0. The third-order valence-electron chi connectivity index (χ3n) is 6.10. The smallest absolute Gasteiger partial charge is 0.343 e. The van der Waals surface area contributed by atoms with Crippen LogP contribution in [0.3, 0.4) is 0 Å². The van der Waals surface area contributed by atoms with Crippen LogP contribution in [0.25, 0.3) is 0 Å². The number of hydrogen-bond acceptors (Lipinski definition) is 3. The second kappa shape index (κ2) is 16.2. The molecule has 0 fully saturated rings. The molecular weight excluding hydrogens is 463 g/mol. The molecule has 0 N–H and O–H groups in total. The SMILES string of the molecule is CCCCCCCCCCCCOc1ccc(C#Cc2ccc(OC(=O)c3cccc(F)c3)cc2)cc1. The van der Waals surface area contributed by atoms with Gasteiger partial charge in [0.15, 0.2) is 0 Å². The van der Waals surface area contributed by atoms with Gasteiger partial charge in [0.2, 0.25) is 0 Å². The number of rotatable bonds is 14. The third kappa shape index (κ3) is 10.9. The van der Waals surface area contributed by atoms with Crippen molar-refractivity contribution in [3.63, 3.8) is 0 Å². The highest BCUT2D eigenvalue weighted by atomic mass is 19.1. The van der Waals surface area contributed by atoms with Crippen LogP contribution in [0, 0.1) is 17.7 Å². The largest absolute Gasteiger partial charge is 0.494 e. The molecule has 3 nitrogen and oxygen atoms in total. The molecule has 0 unspecified atom stereocenters. The molecular formula is C33H37FO3. The van der Waals surface area contributed by atoms with E-state index in [1.165, 1.54) is 76.0 Å². The number of carbonyl (C=O) groups is 1. The lowest BCUT2D eigenvalue weighted by Gasteiger charge is -2.06. The van der Waals surface area contributed by atoms with Crippen molar-refractivity contribution in [2.45, 2.75) is 71.1 Å². The van der Waals surface area contributed by atoms with E-state index in [9.17, 15) is 9.18 Å². The second-order valence-electron chi connectivity index (χ2n) is 9.23. The molecule has 0 bridgehead atoms. The standard InChI is InChI=1S/C33H37FO3/c1-2-3-4-5-6-7-8-9-10-11-25-36-31-21-17-27(18-22-31)15-16-28-19-23-32(24-20-28)37-33(35)29-13-12-14-30(34)26-29/h12-14,17-24,26H,2-11,25H2,1H3. The predicted molar refractivity (Wildman–Crippen MR) is 148 cm³/mol. The van der Waals surface area contributed by atoms with E-state index >= 15 is 0 Å². The molecule has 0 aliphatic rings. The van der Waals surface area contributed by atoms with Crippen molar-refractivity contribution in [3.05, 3.63) is 95.3 Å². The molecule has 0 aliphatic heterocycles. The summed E-state index contributed by atoms with van der Waals surface area (Å²) in [6.07, 6.45) is 13.1. The highest BCUT2D eigenvalue weighted by molar-refractivity contribution is 5.91. The molecule has 0 heterocycles. The fourth-order valence-corrected chi connectivity index (χ4v) is 3.95. The summed E-state index contributed by atoms with van der Waals surface area (Å²) < 4.78 is 24.5. The van der Waals surface area contributed by atoms with Crippen LogP contribution in [0.4, 0.5) is 4.39 Å². The Labute approximate surface area is 221 Å². The highest BCUT2D eigenvalue weighted by Crippen LogP contribution is 2.16. The molecule has 0 aromatic heterocycles. The Morgan fingerprint density at radius 3 is 1.81 bits per heavy atom. The van der Waals surface area contributed by atoms with Crippen molar-refractivity contribution in [2.24, 2.45) is 0 Å². The zero-order chi connectivity index (χ0) is 26.1. The van der Waals surface area contributed by atoms with Gasteiger partial charge >= 0.3 is 5.97 Å². The van der Waals surface area contributed by atoms with Gasteiger partial charge in [0.25, 0.3) is 0 Å².